The van der Waals surface area contributed by atoms with Gasteiger partial charge in [-0.3, -0.25) is 14.3 Å². The fraction of sp³-hybridized carbons (Fsp3) is 0.520. The summed E-state index contributed by atoms with van der Waals surface area (Å²) in [7, 11) is 0. The summed E-state index contributed by atoms with van der Waals surface area (Å²) in [6.45, 7) is 1.94. The molecule has 1 aliphatic carbocycles. The summed E-state index contributed by atoms with van der Waals surface area (Å²) < 4.78 is 44.7. The van der Waals surface area contributed by atoms with Crippen LogP contribution in [0.15, 0.2) is 42.2 Å². The molecule has 0 saturated carbocycles. The van der Waals surface area contributed by atoms with Crippen LogP contribution in [0.5, 0.6) is 5.88 Å². The minimum atomic E-state index is -2.42. The van der Waals surface area contributed by atoms with Gasteiger partial charge in [0.1, 0.15) is 0 Å². The number of fused-ring (bicyclic) bond motifs is 2. The van der Waals surface area contributed by atoms with Gasteiger partial charge in [0.15, 0.2) is 0 Å². The molecular weight excluding hydrogens is 415 g/mol. The predicted octanol–water partition coefficient (Wildman–Crippen LogP) is 5.80. The highest BCUT2D eigenvalue weighted by Gasteiger charge is 2.40. The molecule has 0 N–H and O–H groups in total. The zero-order valence-electron chi connectivity index (χ0n) is 18.4. The number of aromatic nitrogens is 2. The third-order valence-corrected chi connectivity index (χ3v) is 6.39. The fourth-order valence-electron chi connectivity index (χ4n) is 4.89. The molecule has 1 aliphatic heterocycles. The Morgan fingerprint density at radius 2 is 1.91 bits per heavy atom. The van der Waals surface area contributed by atoms with Crippen molar-refractivity contribution in [3.8, 4) is 5.88 Å². The quantitative estimate of drug-likeness (QED) is 0.434. The summed E-state index contributed by atoms with van der Waals surface area (Å²) >= 11 is 0. The summed E-state index contributed by atoms with van der Waals surface area (Å²) in [6, 6.07) is 7.95. The maximum atomic E-state index is 13.5. The van der Waals surface area contributed by atoms with Gasteiger partial charge in [-0.25, -0.2) is 13.8 Å². The van der Waals surface area contributed by atoms with Gasteiger partial charge < -0.3 is 4.74 Å². The van der Waals surface area contributed by atoms with E-state index in [0.29, 0.717) is 24.6 Å². The molecule has 172 valence electrons. The van der Waals surface area contributed by atoms with E-state index in [2.05, 4.69) is 22.1 Å². The van der Waals surface area contributed by atoms with Crippen LogP contribution < -0.4 is 4.74 Å². The first-order chi connectivity index (χ1) is 15.6. The van der Waals surface area contributed by atoms with Gasteiger partial charge >= 0.3 is 0 Å². The molecule has 0 spiro atoms. The van der Waals surface area contributed by atoms with E-state index in [-0.39, 0.29) is 25.3 Å². The Labute approximate surface area is 187 Å². The first kappa shape index (κ1) is 22.8. The van der Waals surface area contributed by atoms with Crippen LogP contribution in [0.25, 0.3) is 5.57 Å². The predicted molar refractivity (Wildman–Crippen MR) is 119 cm³/mol. The van der Waals surface area contributed by atoms with Gasteiger partial charge in [0.25, 0.3) is 6.43 Å². The van der Waals surface area contributed by atoms with Crippen LogP contribution in [-0.2, 0) is 6.42 Å². The Balaban J connectivity index is 1.53. The minimum Gasteiger partial charge on any atom is -0.477 e. The summed E-state index contributed by atoms with van der Waals surface area (Å²) in [5.41, 5.74) is 5.57. The van der Waals surface area contributed by atoms with Gasteiger partial charge in [-0.05, 0) is 61.3 Å². The van der Waals surface area contributed by atoms with E-state index in [0.717, 1.165) is 37.7 Å². The van der Waals surface area contributed by atoms with Crippen LogP contribution in [0.1, 0.15) is 61.9 Å². The van der Waals surface area contributed by atoms with Crippen molar-refractivity contribution in [1.82, 2.24) is 14.9 Å². The van der Waals surface area contributed by atoms with Gasteiger partial charge in [-0.1, -0.05) is 30.7 Å². The van der Waals surface area contributed by atoms with E-state index in [1.807, 2.05) is 24.0 Å². The van der Waals surface area contributed by atoms with Gasteiger partial charge in [0, 0.05) is 6.04 Å². The molecule has 0 saturated heterocycles. The summed E-state index contributed by atoms with van der Waals surface area (Å²) in [4.78, 5) is 10.9. The van der Waals surface area contributed by atoms with E-state index in [4.69, 9.17) is 4.74 Å². The summed E-state index contributed by atoms with van der Waals surface area (Å²) in [5, 5.41) is 0. The molecule has 0 radical (unpaired) electrons. The number of alkyl halides is 3. The van der Waals surface area contributed by atoms with Crippen LogP contribution >= 0.6 is 0 Å². The van der Waals surface area contributed by atoms with Crippen molar-refractivity contribution in [2.24, 2.45) is 0 Å². The van der Waals surface area contributed by atoms with Crippen LogP contribution in [-0.4, -0.2) is 47.2 Å². The number of halogens is 3. The maximum Gasteiger partial charge on any atom is 0.251 e. The zero-order valence-corrected chi connectivity index (χ0v) is 18.4. The van der Waals surface area contributed by atoms with Crippen molar-refractivity contribution in [2.45, 2.75) is 64.0 Å². The third kappa shape index (κ3) is 4.98. The third-order valence-electron chi connectivity index (χ3n) is 6.39. The number of rotatable bonds is 10. The van der Waals surface area contributed by atoms with E-state index in [1.54, 1.807) is 12.4 Å². The van der Waals surface area contributed by atoms with Gasteiger partial charge in [-0.15, -0.1) is 0 Å². The second-order valence-corrected chi connectivity index (χ2v) is 8.61. The molecule has 4 rings (SSSR count). The van der Waals surface area contributed by atoms with Crippen LogP contribution in [0.4, 0.5) is 13.2 Å². The van der Waals surface area contributed by atoms with E-state index in [1.165, 1.54) is 16.7 Å². The lowest BCUT2D eigenvalue weighted by Crippen LogP contribution is -2.43. The number of benzene rings is 1. The fourth-order valence-corrected chi connectivity index (χ4v) is 4.89. The number of nitrogens with zero attached hydrogens (tertiary/aromatic N) is 3. The molecule has 1 aromatic carbocycles. The Bertz CT molecular complexity index is 932. The second kappa shape index (κ2) is 10.5. The van der Waals surface area contributed by atoms with Crippen molar-refractivity contribution in [3.05, 3.63) is 59.1 Å². The number of ether oxygens (including phenoxy) is 1. The first-order valence-electron chi connectivity index (χ1n) is 11.4. The topological polar surface area (TPSA) is 38.3 Å². The number of hydrogen-bond donors (Lipinski definition) is 0. The Kier molecular flexibility index (Phi) is 7.45. The van der Waals surface area contributed by atoms with Crippen molar-refractivity contribution >= 4 is 5.57 Å². The average Bonchev–Trinajstić information content (AvgIpc) is 3.15. The van der Waals surface area contributed by atoms with Crippen LogP contribution in [0.3, 0.4) is 0 Å². The molecule has 2 atom stereocenters. The van der Waals surface area contributed by atoms with Crippen LogP contribution in [0.2, 0.25) is 0 Å². The highest BCUT2D eigenvalue weighted by Crippen LogP contribution is 2.48. The van der Waals surface area contributed by atoms with Crippen molar-refractivity contribution < 1.29 is 17.9 Å². The SMILES string of the molecule is C[C@@H]1CC2=C(Cc3ccccc32)[C@@H](c2cnc(OCCCCCCF)cn2)N1CC(F)F. The molecule has 2 aliphatic rings. The summed E-state index contributed by atoms with van der Waals surface area (Å²) in [6.07, 6.45) is 5.52. The lowest BCUT2D eigenvalue weighted by Gasteiger charge is -2.41. The minimum absolute atomic E-state index is 0.0269. The summed E-state index contributed by atoms with van der Waals surface area (Å²) in [5.74, 6) is 0.424. The molecular formula is C25H30F3N3O. The average molecular weight is 446 g/mol. The lowest BCUT2D eigenvalue weighted by molar-refractivity contribution is 0.0470. The molecule has 4 nitrogen and oxygen atoms in total. The first-order valence-corrected chi connectivity index (χ1v) is 11.4. The number of hydrogen-bond acceptors (Lipinski definition) is 4. The molecule has 0 fully saturated rings. The smallest absolute Gasteiger partial charge is 0.251 e. The monoisotopic (exact) mass is 445 g/mol. The van der Waals surface area contributed by atoms with E-state index in [9.17, 15) is 13.2 Å². The van der Waals surface area contributed by atoms with E-state index < -0.39 is 6.43 Å². The molecule has 0 amide bonds. The molecule has 32 heavy (non-hydrogen) atoms. The lowest BCUT2D eigenvalue weighted by atomic mass is 9.87. The van der Waals surface area contributed by atoms with Gasteiger partial charge in [0.2, 0.25) is 5.88 Å². The largest absolute Gasteiger partial charge is 0.477 e. The molecule has 0 unspecified atom stereocenters. The molecule has 2 heterocycles. The normalized spacial score (nSPS) is 20.5. The van der Waals surface area contributed by atoms with Crippen molar-refractivity contribution in [2.75, 3.05) is 19.8 Å². The maximum absolute atomic E-state index is 13.5. The van der Waals surface area contributed by atoms with Crippen molar-refractivity contribution in [3.63, 3.8) is 0 Å². The molecule has 7 heteroatoms. The Hall–Kier alpha value is -2.41. The molecule has 0 bridgehead atoms. The molecule has 1 aromatic heterocycles. The Morgan fingerprint density at radius 1 is 1.09 bits per heavy atom. The Morgan fingerprint density at radius 3 is 2.66 bits per heavy atom. The molecule has 2 aromatic rings. The van der Waals surface area contributed by atoms with E-state index >= 15 is 0 Å². The highest BCUT2D eigenvalue weighted by molar-refractivity contribution is 5.78. The van der Waals surface area contributed by atoms with Gasteiger partial charge in [0.05, 0.1) is 44.0 Å². The zero-order chi connectivity index (χ0) is 22.5. The van der Waals surface area contributed by atoms with Gasteiger partial charge in [-0.2, -0.15) is 0 Å². The van der Waals surface area contributed by atoms with Crippen LogP contribution in [0, 0.1) is 0 Å². The van der Waals surface area contributed by atoms with Crippen molar-refractivity contribution in [1.29, 1.82) is 0 Å². The second-order valence-electron chi connectivity index (χ2n) is 8.61. The number of unbranched alkanes of at least 4 members (excludes halogenated alkanes) is 3. The highest BCUT2D eigenvalue weighted by atomic mass is 19.3. The standard InChI is InChI=1S/C25H30F3N3O/c1-17-12-20-19-9-5-4-8-18(19)13-21(20)25(31(17)16-23(27)28)22-14-30-24(15-29-22)32-11-7-3-2-6-10-26/h4-5,8-9,14-15,17,23,25H,2-3,6-7,10-13,16H2,1H3/t17-,25+/m1/s1.